The molecule has 1 aliphatic rings. The minimum absolute atomic E-state index is 0.294. The minimum atomic E-state index is -0.355. The van der Waals surface area contributed by atoms with E-state index in [1.807, 2.05) is 22.6 Å². The maximum Gasteiger partial charge on any atom is 0.285 e. The van der Waals surface area contributed by atoms with E-state index in [0.717, 1.165) is 20.5 Å². The summed E-state index contributed by atoms with van der Waals surface area (Å²) in [4.78, 5) is 23.3. The van der Waals surface area contributed by atoms with E-state index >= 15 is 0 Å². The number of amides is 2. The molecule has 2 rings (SSSR count). The second-order valence-electron chi connectivity index (χ2n) is 3.33. The number of hydrogen-bond acceptors (Lipinski definition) is 5. The molecule has 2 amide bonds. The van der Waals surface area contributed by atoms with E-state index in [2.05, 4.69) is 5.43 Å². The third-order valence-corrected chi connectivity index (χ3v) is 3.81. The maximum absolute atomic E-state index is 12.0. The normalized spacial score (nSPS) is 17.7. The average molecular weight is 394 g/mol. The molecule has 2 heterocycles. The van der Waals surface area contributed by atoms with Crippen molar-refractivity contribution in [3.05, 3.63) is 26.6 Å². The second-order valence-corrected chi connectivity index (χ2v) is 6.07. The van der Waals surface area contributed by atoms with Crippen molar-refractivity contribution in [3.63, 3.8) is 0 Å². The van der Waals surface area contributed by atoms with Gasteiger partial charge in [-0.15, -0.1) is 0 Å². The fourth-order valence-corrected chi connectivity index (χ4v) is 2.85. The van der Waals surface area contributed by atoms with Crippen molar-refractivity contribution in [1.82, 2.24) is 10.4 Å². The fraction of sp³-hybridized carbons (Fsp3) is 0.100. The number of hydrogen-bond donors (Lipinski definition) is 1. The second kappa shape index (κ2) is 5.41. The Balaban J connectivity index is 2.22. The molecule has 1 N–H and O–H groups in total. The van der Waals surface area contributed by atoms with Crippen LogP contribution in [-0.2, 0) is 9.59 Å². The van der Waals surface area contributed by atoms with Gasteiger partial charge in [-0.05, 0) is 46.9 Å². The van der Waals surface area contributed by atoms with Gasteiger partial charge in [0.1, 0.15) is 5.76 Å². The van der Waals surface area contributed by atoms with Crippen LogP contribution in [-0.4, -0.2) is 21.1 Å². The zero-order valence-corrected chi connectivity index (χ0v) is 12.9. The Kier molecular flexibility index (Phi) is 4.07. The van der Waals surface area contributed by atoms with E-state index in [9.17, 15) is 9.59 Å². The number of thiocarbonyl (C=S) groups is 1. The number of nitrogens with zero attached hydrogens (tertiary/aromatic N) is 1. The lowest BCUT2D eigenvalue weighted by Crippen LogP contribution is -2.43. The predicted molar refractivity (Wildman–Crippen MR) is 80.3 cm³/mol. The largest absolute Gasteiger partial charge is 0.451 e. The smallest absolute Gasteiger partial charge is 0.285 e. The van der Waals surface area contributed by atoms with Gasteiger partial charge in [0.15, 0.2) is 8.09 Å². The predicted octanol–water partition coefficient (Wildman–Crippen LogP) is 2.14. The third kappa shape index (κ3) is 2.93. The standard InChI is InChI=1S/C10H7IN2O3S2/c1-5(14)12-13-9(15)7(18-10(13)17)4-6-2-3-8(11)16-6/h2-4H,1H3,(H,12,14)/b7-4+. The molecule has 94 valence electrons. The molecule has 0 aromatic carbocycles. The highest BCUT2D eigenvalue weighted by atomic mass is 127. The highest BCUT2D eigenvalue weighted by Gasteiger charge is 2.33. The summed E-state index contributed by atoms with van der Waals surface area (Å²) in [6.45, 7) is 1.32. The summed E-state index contributed by atoms with van der Waals surface area (Å²) in [6.07, 6.45) is 1.60. The molecular weight excluding hydrogens is 387 g/mol. The minimum Gasteiger partial charge on any atom is -0.451 e. The van der Waals surface area contributed by atoms with Crippen molar-refractivity contribution in [3.8, 4) is 0 Å². The van der Waals surface area contributed by atoms with E-state index in [1.165, 1.54) is 6.92 Å². The first kappa shape index (κ1) is 13.6. The summed E-state index contributed by atoms with van der Waals surface area (Å²) < 4.78 is 6.37. The zero-order chi connectivity index (χ0) is 13.3. The Bertz CT molecular complexity index is 567. The molecule has 5 nitrogen and oxygen atoms in total. The van der Waals surface area contributed by atoms with Crippen LogP contribution in [0.3, 0.4) is 0 Å². The van der Waals surface area contributed by atoms with Crippen molar-refractivity contribution < 1.29 is 14.0 Å². The van der Waals surface area contributed by atoms with Crippen LogP contribution >= 0.6 is 46.6 Å². The first-order valence-corrected chi connectivity index (χ1v) is 7.08. The van der Waals surface area contributed by atoms with Crippen molar-refractivity contribution in [2.75, 3.05) is 0 Å². The number of rotatable bonds is 2. The SMILES string of the molecule is CC(=O)NN1C(=O)/C(=C\c2ccc(I)o2)SC1=S. The lowest BCUT2D eigenvalue weighted by atomic mass is 10.4. The van der Waals surface area contributed by atoms with Crippen molar-refractivity contribution in [2.45, 2.75) is 6.92 Å². The lowest BCUT2D eigenvalue weighted by Gasteiger charge is -2.13. The number of halogens is 1. The van der Waals surface area contributed by atoms with Gasteiger partial charge in [-0.1, -0.05) is 11.8 Å². The molecule has 0 aliphatic carbocycles. The topological polar surface area (TPSA) is 62.6 Å². The molecule has 18 heavy (non-hydrogen) atoms. The number of furan rings is 1. The van der Waals surface area contributed by atoms with E-state index in [0.29, 0.717) is 15.0 Å². The molecule has 1 saturated heterocycles. The van der Waals surface area contributed by atoms with Crippen molar-refractivity contribution in [2.24, 2.45) is 0 Å². The van der Waals surface area contributed by atoms with Crippen LogP contribution in [0.25, 0.3) is 6.08 Å². The molecule has 1 aliphatic heterocycles. The highest BCUT2D eigenvalue weighted by Crippen LogP contribution is 2.31. The number of carbonyl (C=O) groups excluding carboxylic acids is 2. The van der Waals surface area contributed by atoms with Crippen LogP contribution in [0.5, 0.6) is 0 Å². The Morgan fingerprint density at radius 2 is 2.33 bits per heavy atom. The van der Waals surface area contributed by atoms with Crippen LogP contribution < -0.4 is 5.43 Å². The molecule has 0 saturated carbocycles. The van der Waals surface area contributed by atoms with E-state index in [-0.39, 0.29) is 11.8 Å². The van der Waals surface area contributed by atoms with Crippen LogP contribution in [0.2, 0.25) is 0 Å². The Morgan fingerprint density at radius 3 is 2.89 bits per heavy atom. The van der Waals surface area contributed by atoms with Gasteiger partial charge in [0.05, 0.1) is 4.91 Å². The van der Waals surface area contributed by atoms with Crippen LogP contribution in [0.4, 0.5) is 0 Å². The molecule has 0 bridgehead atoms. The first-order valence-electron chi connectivity index (χ1n) is 4.78. The zero-order valence-electron chi connectivity index (χ0n) is 9.10. The molecule has 0 radical (unpaired) electrons. The van der Waals surface area contributed by atoms with E-state index in [4.69, 9.17) is 16.6 Å². The maximum atomic E-state index is 12.0. The number of nitrogens with one attached hydrogen (secondary N) is 1. The Labute approximate surface area is 126 Å². The summed E-state index contributed by atoms with van der Waals surface area (Å²) >= 11 is 8.17. The summed E-state index contributed by atoms with van der Waals surface area (Å²) in [5, 5.41) is 1.06. The Morgan fingerprint density at radius 1 is 1.61 bits per heavy atom. The molecular formula is C10H7IN2O3S2. The summed E-state index contributed by atoms with van der Waals surface area (Å²) in [5.41, 5.74) is 2.37. The number of hydrazine groups is 1. The number of carbonyl (C=O) groups is 2. The van der Waals surface area contributed by atoms with Gasteiger partial charge in [-0.2, -0.15) is 5.01 Å². The molecule has 0 spiro atoms. The van der Waals surface area contributed by atoms with Crippen molar-refractivity contribution in [1.29, 1.82) is 0 Å². The fourth-order valence-electron chi connectivity index (χ4n) is 1.26. The third-order valence-electron chi connectivity index (χ3n) is 1.93. The van der Waals surface area contributed by atoms with Crippen LogP contribution in [0.15, 0.2) is 21.5 Å². The van der Waals surface area contributed by atoms with Gasteiger partial charge >= 0.3 is 0 Å². The first-order chi connectivity index (χ1) is 8.47. The van der Waals surface area contributed by atoms with Gasteiger partial charge in [-0.3, -0.25) is 15.0 Å². The Hall–Kier alpha value is -0.870. The van der Waals surface area contributed by atoms with E-state index in [1.54, 1.807) is 18.2 Å². The summed E-state index contributed by atoms with van der Waals surface area (Å²) in [7, 11) is 0. The van der Waals surface area contributed by atoms with Gasteiger partial charge in [0.2, 0.25) is 5.91 Å². The van der Waals surface area contributed by atoms with E-state index < -0.39 is 0 Å². The molecule has 0 unspecified atom stereocenters. The van der Waals surface area contributed by atoms with Gasteiger partial charge < -0.3 is 4.42 Å². The molecule has 1 aromatic rings. The van der Waals surface area contributed by atoms with Gasteiger partial charge in [0.25, 0.3) is 5.91 Å². The van der Waals surface area contributed by atoms with Gasteiger partial charge in [0, 0.05) is 13.0 Å². The molecule has 0 atom stereocenters. The monoisotopic (exact) mass is 394 g/mol. The highest BCUT2D eigenvalue weighted by molar-refractivity contribution is 14.1. The van der Waals surface area contributed by atoms with Gasteiger partial charge in [-0.25, -0.2) is 0 Å². The molecule has 8 heteroatoms. The molecule has 1 fully saturated rings. The number of thioether (sulfide) groups is 1. The van der Waals surface area contributed by atoms with Crippen LogP contribution in [0.1, 0.15) is 12.7 Å². The summed E-state index contributed by atoms with van der Waals surface area (Å²) in [5.74, 6) is -0.130. The quantitative estimate of drug-likeness (QED) is 0.473. The average Bonchev–Trinajstić information content (AvgIpc) is 2.78. The van der Waals surface area contributed by atoms with Crippen molar-refractivity contribution >= 4 is 68.8 Å². The summed E-state index contributed by atoms with van der Waals surface area (Å²) in [6, 6.07) is 3.55. The van der Waals surface area contributed by atoms with Crippen LogP contribution in [0, 0.1) is 3.77 Å². The lowest BCUT2D eigenvalue weighted by molar-refractivity contribution is -0.131. The molecule has 1 aromatic heterocycles.